The zero-order valence-electron chi connectivity index (χ0n) is 14.1. The molecule has 0 aliphatic carbocycles. The molecule has 0 saturated heterocycles. The highest BCUT2D eigenvalue weighted by atomic mass is 19.1. The molecule has 0 spiro atoms. The SMILES string of the molecule is CCO.O=C(O)c1c(-c2ccc(F)cc2)noc1/C=C/c1ccccc1. The van der Waals surface area contributed by atoms with Gasteiger partial charge < -0.3 is 14.7 Å². The lowest BCUT2D eigenvalue weighted by molar-refractivity contribution is 0.0696. The van der Waals surface area contributed by atoms with E-state index in [9.17, 15) is 14.3 Å². The minimum Gasteiger partial charge on any atom is -0.477 e. The molecule has 26 heavy (non-hydrogen) atoms. The third kappa shape index (κ3) is 4.87. The lowest BCUT2D eigenvalue weighted by Crippen LogP contribution is -1.99. The number of hydrogen-bond acceptors (Lipinski definition) is 4. The smallest absolute Gasteiger partial charge is 0.341 e. The number of aliphatic hydroxyl groups is 1. The van der Waals surface area contributed by atoms with Crippen LogP contribution in [-0.4, -0.2) is 27.9 Å². The lowest BCUT2D eigenvalue weighted by atomic mass is 10.1. The monoisotopic (exact) mass is 355 g/mol. The summed E-state index contributed by atoms with van der Waals surface area (Å²) in [4.78, 5) is 11.5. The van der Waals surface area contributed by atoms with Crippen molar-refractivity contribution >= 4 is 18.1 Å². The first kappa shape index (κ1) is 19.1. The van der Waals surface area contributed by atoms with Crippen LogP contribution in [0.4, 0.5) is 4.39 Å². The summed E-state index contributed by atoms with van der Waals surface area (Å²) < 4.78 is 18.2. The maximum absolute atomic E-state index is 13.0. The van der Waals surface area contributed by atoms with Gasteiger partial charge in [0.25, 0.3) is 0 Å². The predicted octanol–water partition coefficient (Wildman–Crippen LogP) is 4.35. The van der Waals surface area contributed by atoms with Crippen molar-refractivity contribution in [3.63, 3.8) is 0 Å². The van der Waals surface area contributed by atoms with Crippen molar-refractivity contribution in [1.29, 1.82) is 0 Å². The number of aliphatic hydroxyl groups excluding tert-OH is 1. The summed E-state index contributed by atoms with van der Waals surface area (Å²) in [5.41, 5.74) is 1.50. The third-order valence-electron chi connectivity index (χ3n) is 3.28. The van der Waals surface area contributed by atoms with E-state index in [-0.39, 0.29) is 23.6 Å². The highest BCUT2D eigenvalue weighted by Gasteiger charge is 2.22. The molecule has 1 aromatic heterocycles. The van der Waals surface area contributed by atoms with E-state index in [4.69, 9.17) is 9.63 Å². The topological polar surface area (TPSA) is 83.6 Å². The zero-order chi connectivity index (χ0) is 18.9. The van der Waals surface area contributed by atoms with Crippen molar-refractivity contribution in [2.24, 2.45) is 0 Å². The molecule has 1 heterocycles. The van der Waals surface area contributed by atoms with Crippen molar-refractivity contribution in [2.45, 2.75) is 6.92 Å². The molecule has 0 bridgehead atoms. The number of nitrogens with zero attached hydrogens (tertiary/aromatic N) is 1. The standard InChI is InChI=1S/C18H12FNO3.C2H6O/c19-14-9-7-13(8-10-14)17-16(18(21)22)15(23-20-17)11-6-12-4-2-1-3-5-12;1-2-3/h1-11H,(H,21,22);3H,2H2,1H3/b11-6+;. The number of hydrogen-bond donors (Lipinski definition) is 2. The Morgan fingerprint density at radius 3 is 2.31 bits per heavy atom. The maximum atomic E-state index is 13.0. The van der Waals surface area contributed by atoms with Crippen molar-refractivity contribution < 1.29 is 23.9 Å². The second kappa shape index (κ2) is 9.29. The second-order valence-corrected chi connectivity index (χ2v) is 5.14. The van der Waals surface area contributed by atoms with Gasteiger partial charge >= 0.3 is 5.97 Å². The van der Waals surface area contributed by atoms with E-state index in [2.05, 4.69) is 5.16 Å². The second-order valence-electron chi connectivity index (χ2n) is 5.14. The van der Waals surface area contributed by atoms with Crippen molar-refractivity contribution in [1.82, 2.24) is 5.16 Å². The van der Waals surface area contributed by atoms with Crippen LogP contribution < -0.4 is 0 Å². The lowest BCUT2D eigenvalue weighted by Gasteiger charge is -1.98. The van der Waals surface area contributed by atoms with Gasteiger partial charge in [-0.05, 0) is 42.8 Å². The Hall–Kier alpha value is -3.25. The van der Waals surface area contributed by atoms with Gasteiger partial charge in [0.15, 0.2) is 5.76 Å². The average Bonchev–Trinajstić information content (AvgIpc) is 3.06. The number of aromatic nitrogens is 1. The number of carbonyl (C=O) groups is 1. The fourth-order valence-corrected chi connectivity index (χ4v) is 2.16. The minimum absolute atomic E-state index is 0.0520. The number of carboxylic acids is 1. The van der Waals surface area contributed by atoms with E-state index in [1.54, 1.807) is 19.1 Å². The molecular formula is C20H18FNO4. The van der Waals surface area contributed by atoms with Gasteiger partial charge in [0.1, 0.15) is 17.1 Å². The number of aromatic carboxylic acids is 1. The highest BCUT2D eigenvalue weighted by Crippen LogP contribution is 2.27. The minimum atomic E-state index is -1.15. The molecule has 0 amide bonds. The molecule has 2 aromatic carbocycles. The first-order chi connectivity index (χ1) is 12.6. The number of halogens is 1. The average molecular weight is 355 g/mol. The largest absolute Gasteiger partial charge is 0.477 e. The number of rotatable bonds is 4. The molecule has 0 saturated carbocycles. The van der Waals surface area contributed by atoms with Crippen LogP contribution in [0.15, 0.2) is 59.1 Å². The fraction of sp³-hybridized carbons (Fsp3) is 0.100. The van der Waals surface area contributed by atoms with E-state index >= 15 is 0 Å². The molecular weight excluding hydrogens is 337 g/mol. The van der Waals surface area contributed by atoms with E-state index < -0.39 is 11.8 Å². The van der Waals surface area contributed by atoms with Gasteiger partial charge in [0, 0.05) is 12.2 Å². The molecule has 0 aliphatic heterocycles. The Bertz CT molecular complexity index is 871. The molecule has 3 aromatic rings. The van der Waals surface area contributed by atoms with Gasteiger partial charge in [0.05, 0.1) is 0 Å². The molecule has 0 radical (unpaired) electrons. The molecule has 0 unspecified atom stereocenters. The van der Waals surface area contributed by atoms with E-state index in [1.165, 1.54) is 24.3 Å². The summed E-state index contributed by atoms with van der Waals surface area (Å²) in [5, 5.41) is 20.8. The van der Waals surface area contributed by atoms with E-state index in [0.717, 1.165) is 5.56 Å². The first-order valence-electron chi connectivity index (χ1n) is 7.89. The zero-order valence-corrected chi connectivity index (χ0v) is 14.1. The maximum Gasteiger partial charge on any atom is 0.341 e. The van der Waals surface area contributed by atoms with Gasteiger partial charge in [-0.2, -0.15) is 0 Å². The molecule has 6 heteroatoms. The Labute approximate surface area is 150 Å². The normalized spacial score (nSPS) is 10.4. The quantitative estimate of drug-likeness (QED) is 0.727. The van der Waals surface area contributed by atoms with Crippen molar-refractivity contribution in [3.8, 4) is 11.3 Å². The van der Waals surface area contributed by atoms with Crippen molar-refractivity contribution in [2.75, 3.05) is 6.61 Å². The van der Waals surface area contributed by atoms with Gasteiger partial charge in [-0.3, -0.25) is 0 Å². The summed E-state index contributed by atoms with van der Waals surface area (Å²) in [7, 11) is 0. The molecule has 2 N–H and O–H groups in total. The summed E-state index contributed by atoms with van der Waals surface area (Å²) in [6.45, 7) is 1.93. The summed E-state index contributed by atoms with van der Waals surface area (Å²) >= 11 is 0. The fourth-order valence-electron chi connectivity index (χ4n) is 2.16. The first-order valence-corrected chi connectivity index (χ1v) is 7.89. The molecule has 134 valence electrons. The predicted molar refractivity (Wildman–Crippen MR) is 97.0 cm³/mol. The molecule has 5 nitrogen and oxygen atoms in total. The van der Waals surface area contributed by atoms with Crippen LogP contribution in [0.3, 0.4) is 0 Å². The molecule has 0 aliphatic rings. The molecule has 0 fully saturated rings. The van der Waals surface area contributed by atoms with Crippen molar-refractivity contribution in [3.05, 3.63) is 77.3 Å². The van der Waals surface area contributed by atoms with Crippen LogP contribution in [0, 0.1) is 5.82 Å². The van der Waals surface area contributed by atoms with Crippen LogP contribution >= 0.6 is 0 Å². The van der Waals surface area contributed by atoms with Gasteiger partial charge in [-0.15, -0.1) is 0 Å². The summed E-state index contributed by atoms with van der Waals surface area (Å²) in [6, 6.07) is 14.8. The molecule has 3 rings (SSSR count). The van der Waals surface area contributed by atoms with E-state index in [0.29, 0.717) is 5.56 Å². The van der Waals surface area contributed by atoms with Crippen LogP contribution in [0.1, 0.15) is 28.6 Å². The van der Waals surface area contributed by atoms with Crippen LogP contribution in [0.2, 0.25) is 0 Å². The number of benzene rings is 2. The Balaban J connectivity index is 0.000000758. The van der Waals surface area contributed by atoms with Gasteiger partial charge in [-0.1, -0.05) is 41.6 Å². The Morgan fingerprint density at radius 2 is 1.73 bits per heavy atom. The Kier molecular flexibility index (Phi) is 6.82. The van der Waals surface area contributed by atoms with E-state index in [1.807, 2.05) is 30.3 Å². The third-order valence-corrected chi connectivity index (χ3v) is 3.28. The summed E-state index contributed by atoms with van der Waals surface area (Å²) in [6.07, 6.45) is 3.29. The molecule has 0 atom stereocenters. The number of carboxylic acid groups (broad SMARTS) is 1. The highest BCUT2D eigenvalue weighted by molar-refractivity contribution is 5.98. The van der Waals surface area contributed by atoms with Crippen LogP contribution in [0.5, 0.6) is 0 Å². The van der Waals surface area contributed by atoms with Crippen LogP contribution in [0.25, 0.3) is 23.4 Å². The van der Waals surface area contributed by atoms with Gasteiger partial charge in [-0.25, -0.2) is 9.18 Å². The summed E-state index contributed by atoms with van der Waals surface area (Å²) in [5.74, 6) is -1.42. The van der Waals surface area contributed by atoms with Crippen LogP contribution in [-0.2, 0) is 0 Å². The Morgan fingerprint density at radius 1 is 1.12 bits per heavy atom. The van der Waals surface area contributed by atoms with Gasteiger partial charge in [0.2, 0.25) is 0 Å².